The number of hydrogen-bond donors (Lipinski definition) is 2. The van der Waals surface area contributed by atoms with Crippen LogP contribution in [0.25, 0.3) is 0 Å². The summed E-state index contributed by atoms with van der Waals surface area (Å²) in [6.45, 7) is 4.21. The topological polar surface area (TPSA) is 54.9 Å². The molecule has 0 aliphatic carbocycles. The summed E-state index contributed by atoms with van der Waals surface area (Å²) in [6, 6.07) is 16.2. The third-order valence-electron chi connectivity index (χ3n) is 3.79. The number of rotatable bonds is 8. The van der Waals surface area contributed by atoms with Crippen LogP contribution in [-0.4, -0.2) is 33.3 Å². The van der Waals surface area contributed by atoms with Crippen LogP contribution in [0.15, 0.2) is 53.5 Å². The molecule has 0 saturated heterocycles. The molecule has 0 atom stereocenters. The van der Waals surface area contributed by atoms with Gasteiger partial charge in [0.1, 0.15) is 0 Å². The summed E-state index contributed by atoms with van der Waals surface area (Å²) >= 11 is 0. The van der Waals surface area contributed by atoms with Gasteiger partial charge in [0.15, 0.2) is 17.5 Å². The first-order valence-electron chi connectivity index (χ1n) is 8.54. The molecule has 2 rings (SSSR count). The summed E-state index contributed by atoms with van der Waals surface area (Å²) < 4.78 is 10.8. The predicted octanol–water partition coefficient (Wildman–Crippen LogP) is 3.00. The highest BCUT2D eigenvalue weighted by Gasteiger charge is 2.09. The number of benzene rings is 2. The molecule has 2 aromatic carbocycles. The van der Waals surface area contributed by atoms with Crippen molar-refractivity contribution in [2.45, 2.75) is 19.9 Å². The second-order valence-electron chi connectivity index (χ2n) is 5.51. The summed E-state index contributed by atoms with van der Waals surface area (Å²) in [4.78, 5) is 4.66. The van der Waals surface area contributed by atoms with E-state index >= 15 is 0 Å². The van der Waals surface area contributed by atoms with Crippen molar-refractivity contribution in [2.75, 3.05) is 27.3 Å². The van der Waals surface area contributed by atoms with Gasteiger partial charge in [-0.05, 0) is 25.0 Å². The number of nitrogens with one attached hydrogen (secondary N) is 2. The van der Waals surface area contributed by atoms with Gasteiger partial charge in [-0.25, -0.2) is 4.99 Å². The number of aliphatic imine (C=N–C) groups is 1. The van der Waals surface area contributed by atoms with Crippen molar-refractivity contribution < 1.29 is 9.47 Å². The zero-order valence-corrected chi connectivity index (χ0v) is 15.2. The van der Waals surface area contributed by atoms with Crippen molar-refractivity contribution in [3.8, 4) is 11.5 Å². The molecule has 0 saturated carbocycles. The van der Waals surface area contributed by atoms with Crippen molar-refractivity contribution >= 4 is 5.96 Å². The van der Waals surface area contributed by atoms with E-state index < -0.39 is 0 Å². The van der Waals surface area contributed by atoms with Crippen LogP contribution in [0.1, 0.15) is 18.1 Å². The molecule has 0 spiro atoms. The first kappa shape index (κ1) is 18.6. The molecular formula is C20H27N3O2. The van der Waals surface area contributed by atoms with E-state index in [4.69, 9.17) is 9.47 Å². The maximum atomic E-state index is 5.46. The van der Waals surface area contributed by atoms with Crippen LogP contribution in [0.4, 0.5) is 0 Å². The van der Waals surface area contributed by atoms with Gasteiger partial charge >= 0.3 is 0 Å². The summed E-state index contributed by atoms with van der Waals surface area (Å²) in [5, 5.41) is 6.64. The summed E-state index contributed by atoms with van der Waals surface area (Å²) in [6.07, 6.45) is 0.952. The van der Waals surface area contributed by atoms with Crippen LogP contribution >= 0.6 is 0 Å². The molecule has 2 aromatic rings. The van der Waals surface area contributed by atoms with Crippen LogP contribution in [-0.2, 0) is 13.0 Å². The van der Waals surface area contributed by atoms with Gasteiger partial charge in [-0.1, -0.05) is 42.5 Å². The quantitative estimate of drug-likeness (QED) is 0.572. The highest BCUT2D eigenvalue weighted by molar-refractivity contribution is 5.79. The summed E-state index contributed by atoms with van der Waals surface area (Å²) in [7, 11) is 3.29. The van der Waals surface area contributed by atoms with E-state index in [-0.39, 0.29) is 0 Å². The molecule has 0 heterocycles. The van der Waals surface area contributed by atoms with E-state index in [9.17, 15) is 0 Å². The van der Waals surface area contributed by atoms with E-state index in [0.29, 0.717) is 6.54 Å². The maximum absolute atomic E-state index is 5.46. The maximum Gasteiger partial charge on any atom is 0.191 e. The van der Waals surface area contributed by atoms with Gasteiger partial charge in [0, 0.05) is 18.7 Å². The van der Waals surface area contributed by atoms with E-state index in [2.05, 4.69) is 46.8 Å². The molecule has 2 N–H and O–H groups in total. The van der Waals surface area contributed by atoms with Gasteiger partial charge in [0.2, 0.25) is 0 Å². The van der Waals surface area contributed by atoms with Crippen molar-refractivity contribution in [3.63, 3.8) is 0 Å². The third-order valence-corrected chi connectivity index (χ3v) is 3.79. The van der Waals surface area contributed by atoms with Crippen molar-refractivity contribution in [1.29, 1.82) is 0 Å². The van der Waals surface area contributed by atoms with Crippen molar-refractivity contribution in [3.05, 3.63) is 59.7 Å². The smallest absolute Gasteiger partial charge is 0.191 e. The van der Waals surface area contributed by atoms with Crippen molar-refractivity contribution in [1.82, 2.24) is 10.6 Å². The lowest BCUT2D eigenvalue weighted by Gasteiger charge is -2.13. The number of ether oxygens (including phenoxy) is 2. The molecule has 0 aliphatic heterocycles. The largest absolute Gasteiger partial charge is 0.493 e. The van der Waals surface area contributed by atoms with Gasteiger partial charge in [0.05, 0.1) is 20.8 Å². The first-order valence-corrected chi connectivity index (χ1v) is 8.54. The lowest BCUT2D eigenvalue weighted by atomic mass is 10.1. The monoisotopic (exact) mass is 341 g/mol. The van der Waals surface area contributed by atoms with Crippen LogP contribution in [0.3, 0.4) is 0 Å². The second kappa shape index (κ2) is 10.2. The van der Waals surface area contributed by atoms with E-state index in [1.165, 1.54) is 5.56 Å². The zero-order chi connectivity index (χ0) is 17.9. The lowest BCUT2D eigenvalue weighted by Crippen LogP contribution is -2.38. The highest BCUT2D eigenvalue weighted by Crippen LogP contribution is 2.30. The molecule has 0 aromatic heterocycles. The first-order chi connectivity index (χ1) is 12.3. The average molecular weight is 341 g/mol. The van der Waals surface area contributed by atoms with Crippen LogP contribution in [0.2, 0.25) is 0 Å². The Labute approximate surface area is 150 Å². The van der Waals surface area contributed by atoms with Gasteiger partial charge < -0.3 is 20.1 Å². The number of guanidine groups is 1. The third kappa shape index (κ3) is 5.71. The molecule has 5 nitrogen and oxygen atoms in total. The molecule has 25 heavy (non-hydrogen) atoms. The molecular weight excluding hydrogens is 314 g/mol. The Morgan fingerprint density at radius 1 is 0.960 bits per heavy atom. The van der Waals surface area contributed by atoms with E-state index in [1.54, 1.807) is 14.2 Å². The van der Waals surface area contributed by atoms with E-state index in [0.717, 1.165) is 42.5 Å². The fraction of sp³-hybridized carbons (Fsp3) is 0.350. The predicted molar refractivity (Wildman–Crippen MR) is 103 cm³/mol. The van der Waals surface area contributed by atoms with Crippen LogP contribution in [0.5, 0.6) is 11.5 Å². The fourth-order valence-corrected chi connectivity index (χ4v) is 2.55. The molecule has 0 unspecified atom stereocenters. The van der Waals surface area contributed by atoms with Gasteiger partial charge in [-0.2, -0.15) is 0 Å². The van der Waals surface area contributed by atoms with Crippen LogP contribution in [0, 0.1) is 0 Å². The summed E-state index contributed by atoms with van der Waals surface area (Å²) in [5.74, 6) is 2.24. The Morgan fingerprint density at radius 3 is 2.44 bits per heavy atom. The Bertz CT molecular complexity index is 672. The molecule has 0 bridgehead atoms. The highest BCUT2D eigenvalue weighted by atomic mass is 16.5. The molecule has 0 amide bonds. The Morgan fingerprint density at radius 2 is 1.76 bits per heavy atom. The fourth-order valence-electron chi connectivity index (χ4n) is 2.55. The number of nitrogens with zero attached hydrogens (tertiary/aromatic N) is 1. The summed E-state index contributed by atoms with van der Waals surface area (Å²) in [5.41, 5.74) is 2.29. The molecule has 0 aliphatic rings. The zero-order valence-electron chi connectivity index (χ0n) is 15.2. The Hall–Kier alpha value is -2.69. The van der Waals surface area contributed by atoms with Gasteiger partial charge in [-0.3, -0.25) is 0 Å². The van der Waals surface area contributed by atoms with Crippen LogP contribution < -0.4 is 20.1 Å². The molecule has 0 fully saturated rings. The molecule has 5 heteroatoms. The normalized spacial score (nSPS) is 11.1. The van der Waals surface area contributed by atoms with Gasteiger partial charge in [0.25, 0.3) is 0 Å². The Balaban J connectivity index is 1.99. The minimum absolute atomic E-state index is 0.515. The standard InChI is InChI=1S/C20H27N3O2/c1-4-21-20(22-14-13-16-9-6-5-7-10-16)23-15-17-11-8-12-18(24-2)19(17)25-3/h5-12H,4,13-15H2,1-3H3,(H2,21,22,23). The van der Waals surface area contributed by atoms with Gasteiger partial charge in [-0.15, -0.1) is 0 Å². The second-order valence-corrected chi connectivity index (χ2v) is 5.51. The minimum atomic E-state index is 0.515. The van der Waals surface area contributed by atoms with Crippen molar-refractivity contribution in [2.24, 2.45) is 4.99 Å². The lowest BCUT2D eigenvalue weighted by molar-refractivity contribution is 0.352. The SMILES string of the molecule is CCNC(=NCc1cccc(OC)c1OC)NCCc1ccccc1. The number of para-hydroxylation sites is 1. The minimum Gasteiger partial charge on any atom is -0.493 e. The Kier molecular flexibility index (Phi) is 7.63. The average Bonchev–Trinajstić information content (AvgIpc) is 2.66. The molecule has 134 valence electrons. The number of hydrogen-bond acceptors (Lipinski definition) is 3. The molecule has 0 radical (unpaired) electrons. The van der Waals surface area contributed by atoms with E-state index in [1.807, 2.05) is 24.3 Å². The number of methoxy groups -OCH3 is 2.